The van der Waals surface area contributed by atoms with E-state index in [2.05, 4.69) is 0 Å². The van der Waals surface area contributed by atoms with Gasteiger partial charge in [-0.1, -0.05) is 23.7 Å². The van der Waals surface area contributed by atoms with E-state index in [9.17, 15) is 4.79 Å². The molecule has 97 valence electrons. The molecule has 18 heavy (non-hydrogen) atoms. The minimum atomic E-state index is -0.967. The summed E-state index contributed by atoms with van der Waals surface area (Å²) < 4.78 is 5.61. The highest BCUT2D eigenvalue weighted by Gasteiger charge is 2.40. The monoisotopic (exact) mass is 250 g/mol. The maximum atomic E-state index is 10.8. The second-order valence-corrected chi connectivity index (χ2v) is 5.30. The summed E-state index contributed by atoms with van der Waals surface area (Å²) >= 11 is 0. The third-order valence-electron chi connectivity index (χ3n) is 3.13. The third-order valence-corrected chi connectivity index (χ3v) is 3.13. The molecule has 0 unspecified atom stereocenters. The Labute approximate surface area is 108 Å². The molecular weight excluding hydrogens is 231 g/mol. The Bertz CT molecular complexity index is 435. The van der Waals surface area contributed by atoms with E-state index in [0.717, 1.165) is 0 Å². The lowest BCUT2D eigenvalue weighted by molar-refractivity contribution is -0.0893. The summed E-state index contributed by atoms with van der Waals surface area (Å²) in [5.41, 5.74) is -0.525. The van der Waals surface area contributed by atoms with Crippen LogP contribution in [0.4, 0.5) is 0 Å². The van der Waals surface area contributed by atoms with Crippen molar-refractivity contribution < 1.29 is 19.7 Å². The van der Waals surface area contributed by atoms with Crippen molar-refractivity contribution in [1.29, 1.82) is 0 Å². The summed E-state index contributed by atoms with van der Waals surface area (Å²) in [5.74, 6) is -0.967. The Morgan fingerprint density at radius 3 is 2.44 bits per heavy atom. The SMILES string of the molecule is CC(C)([OH2+])C(C)(C)O[B]c1cccc(C(=O)O)c1. The van der Waals surface area contributed by atoms with Gasteiger partial charge in [0, 0.05) is 13.8 Å². The van der Waals surface area contributed by atoms with Crippen molar-refractivity contribution in [3.8, 4) is 0 Å². The van der Waals surface area contributed by atoms with Crippen LogP contribution in [-0.4, -0.2) is 34.9 Å². The summed E-state index contributed by atoms with van der Waals surface area (Å²) in [6, 6.07) is 6.49. The number of rotatable bonds is 5. The number of carbonyl (C=O) groups is 1. The molecular formula is C13H19BO4+. The maximum absolute atomic E-state index is 10.8. The first-order chi connectivity index (χ1) is 8.13. The van der Waals surface area contributed by atoms with Gasteiger partial charge < -0.3 is 14.9 Å². The van der Waals surface area contributed by atoms with Gasteiger partial charge >= 0.3 is 13.5 Å². The Morgan fingerprint density at radius 1 is 1.33 bits per heavy atom. The topological polar surface area (TPSA) is 69.4 Å². The minimum absolute atomic E-state index is 0.218. The Balaban J connectivity index is 2.75. The number of hydrogen-bond acceptors (Lipinski definition) is 2. The summed E-state index contributed by atoms with van der Waals surface area (Å²) in [7, 11) is 1.50. The van der Waals surface area contributed by atoms with Crippen LogP contribution in [0.15, 0.2) is 24.3 Å². The first-order valence-electron chi connectivity index (χ1n) is 5.73. The van der Waals surface area contributed by atoms with Crippen molar-refractivity contribution in [2.75, 3.05) is 0 Å². The zero-order valence-electron chi connectivity index (χ0n) is 11.2. The van der Waals surface area contributed by atoms with Gasteiger partial charge in [0.15, 0.2) is 5.60 Å². The van der Waals surface area contributed by atoms with Crippen LogP contribution < -0.4 is 5.46 Å². The van der Waals surface area contributed by atoms with E-state index in [1.54, 1.807) is 26.0 Å². The average Bonchev–Trinajstić information content (AvgIpc) is 2.25. The minimum Gasteiger partial charge on any atom is -0.478 e. The van der Waals surface area contributed by atoms with Crippen LogP contribution in [0.25, 0.3) is 0 Å². The molecule has 0 saturated carbocycles. The van der Waals surface area contributed by atoms with Gasteiger partial charge in [-0.05, 0) is 19.9 Å². The maximum Gasteiger partial charge on any atom is 0.335 e. The van der Waals surface area contributed by atoms with Crippen LogP contribution in [-0.2, 0) is 4.65 Å². The second kappa shape index (κ2) is 5.12. The van der Waals surface area contributed by atoms with Gasteiger partial charge in [0.05, 0.1) is 5.56 Å². The average molecular weight is 250 g/mol. The number of carboxylic acid groups (broad SMARTS) is 1. The summed E-state index contributed by atoms with van der Waals surface area (Å²) in [4.78, 5) is 10.8. The molecule has 1 aromatic carbocycles. The van der Waals surface area contributed by atoms with E-state index in [4.69, 9.17) is 14.9 Å². The van der Waals surface area contributed by atoms with Gasteiger partial charge in [-0.15, -0.1) is 0 Å². The Hall–Kier alpha value is -1.33. The van der Waals surface area contributed by atoms with Gasteiger partial charge in [0.2, 0.25) is 0 Å². The van der Waals surface area contributed by atoms with Crippen molar-refractivity contribution in [2.24, 2.45) is 0 Å². The fourth-order valence-corrected chi connectivity index (χ4v) is 1.11. The quantitative estimate of drug-likeness (QED) is 0.624. The molecule has 1 rings (SSSR count). The second-order valence-electron chi connectivity index (χ2n) is 5.30. The molecule has 0 amide bonds. The molecule has 1 aromatic rings. The molecule has 0 aliphatic carbocycles. The first-order valence-corrected chi connectivity index (χ1v) is 5.73. The van der Waals surface area contributed by atoms with Crippen LogP contribution in [0.3, 0.4) is 0 Å². The molecule has 0 aliphatic rings. The highest BCUT2D eigenvalue weighted by atomic mass is 16.5. The number of aromatic carboxylic acids is 1. The lowest BCUT2D eigenvalue weighted by Crippen LogP contribution is -2.49. The molecule has 0 fully saturated rings. The van der Waals surface area contributed by atoms with Crippen LogP contribution >= 0.6 is 0 Å². The third kappa shape index (κ3) is 3.58. The summed E-state index contributed by atoms with van der Waals surface area (Å²) in [5, 5.41) is 16.9. The summed E-state index contributed by atoms with van der Waals surface area (Å²) in [6.45, 7) is 7.21. The van der Waals surface area contributed by atoms with Crippen molar-refractivity contribution >= 4 is 18.9 Å². The molecule has 0 bridgehead atoms. The zero-order chi connectivity index (χ0) is 14.0. The van der Waals surface area contributed by atoms with E-state index >= 15 is 0 Å². The van der Waals surface area contributed by atoms with Crippen molar-refractivity contribution in [1.82, 2.24) is 0 Å². The van der Waals surface area contributed by atoms with Crippen LogP contribution in [0.1, 0.15) is 38.1 Å². The fraction of sp³-hybridized carbons (Fsp3) is 0.462. The first kappa shape index (κ1) is 14.7. The van der Waals surface area contributed by atoms with Crippen molar-refractivity contribution in [3.63, 3.8) is 0 Å². The van der Waals surface area contributed by atoms with Crippen LogP contribution in [0, 0.1) is 0 Å². The Morgan fingerprint density at radius 2 is 1.94 bits per heavy atom. The molecule has 4 nitrogen and oxygen atoms in total. The lowest BCUT2D eigenvalue weighted by Gasteiger charge is -2.33. The highest BCUT2D eigenvalue weighted by Crippen LogP contribution is 2.24. The lowest BCUT2D eigenvalue weighted by atomic mass is 9.82. The van der Waals surface area contributed by atoms with E-state index in [-0.39, 0.29) is 5.56 Å². The van der Waals surface area contributed by atoms with Crippen LogP contribution in [0.5, 0.6) is 0 Å². The summed E-state index contributed by atoms with van der Waals surface area (Å²) in [6.07, 6.45) is 0. The Kier molecular flexibility index (Phi) is 4.19. The molecule has 0 atom stereocenters. The smallest absolute Gasteiger partial charge is 0.335 e. The van der Waals surface area contributed by atoms with Gasteiger partial charge in [-0.3, -0.25) is 0 Å². The van der Waals surface area contributed by atoms with E-state index in [1.165, 1.54) is 19.6 Å². The van der Waals surface area contributed by atoms with Gasteiger partial charge in [0.1, 0.15) is 5.60 Å². The molecule has 0 aliphatic heterocycles. The van der Waals surface area contributed by atoms with Gasteiger partial charge in [0.25, 0.3) is 0 Å². The van der Waals surface area contributed by atoms with E-state index in [1.807, 2.05) is 13.8 Å². The molecule has 3 N–H and O–H groups in total. The molecule has 5 heteroatoms. The predicted octanol–water partition coefficient (Wildman–Crippen LogP) is 0.928. The zero-order valence-corrected chi connectivity index (χ0v) is 11.2. The largest absolute Gasteiger partial charge is 0.478 e. The number of carboxylic acids is 1. The standard InChI is InChI=1S/C13H18BO4/c1-12(2,17)13(3,4)18-14-10-7-5-6-9(8-10)11(15)16/h5-8,17H,1-4H3,(H,15,16)/p+1. The van der Waals surface area contributed by atoms with Gasteiger partial charge in [-0.25, -0.2) is 4.79 Å². The predicted molar refractivity (Wildman–Crippen MR) is 71.6 cm³/mol. The molecule has 0 spiro atoms. The molecule has 0 heterocycles. The number of hydrogen-bond donors (Lipinski definition) is 1. The fourth-order valence-electron chi connectivity index (χ4n) is 1.11. The normalized spacial score (nSPS) is 12.3. The van der Waals surface area contributed by atoms with Crippen molar-refractivity contribution in [3.05, 3.63) is 29.8 Å². The van der Waals surface area contributed by atoms with Crippen molar-refractivity contribution in [2.45, 2.75) is 38.9 Å². The number of benzene rings is 1. The highest BCUT2D eigenvalue weighted by molar-refractivity contribution is 6.47. The van der Waals surface area contributed by atoms with E-state index in [0.29, 0.717) is 5.46 Å². The van der Waals surface area contributed by atoms with E-state index < -0.39 is 17.2 Å². The molecule has 1 radical (unpaired) electrons. The molecule has 0 saturated heterocycles. The van der Waals surface area contributed by atoms with Crippen LogP contribution in [0.2, 0.25) is 0 Å². The van der Waals surface area contributed by atoms with Gasteiger partial charge in [-0.2, -0.15) is 0 Å². The molecule has 0 aromatic heterocycles.